The van der Waals surface area contributed by atoms with Gasteiger partial charge in [-0.25, -0.2) is 0 Å². The Bertz CT molecular complexity index is 925. The molecule has 0 unspecified atom stereocenters. The first-order chi connectivity index (χ1) is 12.2. The summed E-state index contributed by atoms with van der Waals surface area (Å²) in [5.74, 6) is 1.15. The highest BCUT2D eigenvalue weighted by molar-refractivity contribution is 5.95. The molecule has 25 heavy (non-hydrogen) atoms. The first kappa shape index (κ1) is 15.3. The van der Waals surface area contributed by atoms with E-state index in [-0.39, 0.29) is 11.5 Å². The van der Waals surface area contributed by atoms with Crippen molar-refractivity contribution in [1.29, 1.82) is 0 Å². The van der Waals surface area contributed by atoms with Gasteiger partial charge in [0.1, 0.15) is 23.9 Å². The van der Waals surface area contributed by atoms with Crippen LogP contribution in [-0.4, -0.2) is 16.8 Å². The molecule has 4 rings (SSSR count). The van der Waals surface area contributed by atoms with Crippen molar-refractivity contribution >= 4 is 11.1 Å². The summed E-state index contributed by atoms with van der Waals surface area (Å²) in [5, 5.41) is 19.3. The number of hydrogen-bond acceptors (Lipinski definition) is 3. The van der Waals surface area contributed by atoms with E-state index in [2.05, 4.69) is 12.1 Å². The van der Waals surface area contributed by atoms with Crippen molar-refractivity contribution in [2.75, 3.05) is 6.61 Å². The molecule has 2 N–H and O–H groups in total. The van der Waals surface area contributed by atoms with Crippen LogP contribution in [-0.2, 0) is 6.42 Å². The fourth-order valence-electron chi connectivity index (χ4n) is 3.20. The zero-order valence-corrected chi connectivity index (χ0v) is 13.6. The summed E-state index contributed by atoms with van der Waals surface area (Å²) >= 11 is 0. The quantitative estimate of drug-likeness (QED) is 0.735. The average molecular weight is 330 g/mol. The molecular weight excluding hydrogens is 312 g/mol. The molecule has 0 bridgehead atoms. The molecule has 0 saturated heterocycles. The minimum Gasteiger partial charge on any atom is -0.508 e. The van der Waals surface area contributed by atoms with Crippen LogP contribution in [0.2, 0.25) is 0 Å². The normalized spacial score (nSPS) is 13.3. The number of phenolic OH excluding ortho intramolecular Hbond substituents is 2. The third kappa shape index (κ3) is 3.09. The maximum atomic E-state index is 9.75. The van der Waals surface area contributed by atoms with Crippen LogP contribution < -0.4 is 4.74 Å². The Morgan fingerprint density at radius 1 is 0.800 bits per heavy atom. The number of ether oxygens (including phenoxy) is 1. The molecule has 3 heteroatoms. The number of aromatic hydroxyl groups is 2. The van der Waals surface area contributed by atoms with E-state index < -0.39 is 0 Å². The number of benzene rings is 3. The molecule has 0 aromatic heterocycles. The van der Waals surface area contributed by atoms with Gasteiger partial charge in [0, 0.05) is 17.2 Å². The standard InChI is InChI=1S/C22H18O3/c23-17-8-6-16(7-9-17)21-14-25-22-13-18(24)10-11-19(22)20(21)12-15-4-2-1-3-5-15/h1-11,13,23-24H,12,14H2. The second kappa shape index (κ2) is 6.36. The summed E-state index contributed by atoms with van der Waals surface area (Å²) in [6.07, 6.45) is 0.776. The molecule has 124 valence electrons. The fourth-order valence-corrected chi connectivity index (χ4v) is 3.20. The lowest BCUT2D eigenvalue weighted by atomic mass is 9.88. The third-order valence-electron chi connectivity index (χ3n) is 4.47. The first-order valence-corrected chi connectivity index (χ1v) is 8.22. The highest BCUT2D eigenvalue weighted by Crippen LogP contribution is 2.40. The van der Waals surface area contributed by atoms with Crippen LogP contribution in [0.1, 0.15) is 16.7 Å². The minimum absolute atomic E-state index is 0.200. The largest absolute Gasteiger partial charge is 0.508 e. The second-order valence-electron chi connectivity index (χ2n) is 6.14. The maximum Gasteiger partial charge on any atom is 0.131 e. The first-order valence-electron chi connectivity index (χ1n) is 8.22. The van der Waals surface area contributed by atoms with E-state index in [0.717, 1.165) is 23.1 Å². The lowest BCUT2D eigenvalue weighted by Gasteiger charge is -2.25. The molecule has 1 aliphatic rings. The third-order valence-corrected chi connectivity index (χ3v) is 4.47. The summed E-state index contributed by atoms with van der Waals surface area (Å²) in [6.45, 7) is 0.434. The highest BCUT2D eigenvalue weighted by atomic mass is 16.5. The Morgan fingerprint density at radius 3 is 2.28 bits per heavy atom. The molecule has 3 aromatic carbocycles. The van der Waals surface area contributed by atoms with Crippen LogP contribution >= 0.6 is 0 Å². The van der Waals surface area contributed by atoms with Gasteiger partial charge >= 0.3 is 0 Å². The van der Waals surface area contributed by atoms with Crippen LogP contribution in [0.25, 0.3) is 11.1 Å². The van der Waals surface area contributed by atoms with Gasteiger partial charge in [0.25, 0.3) is 0 Å². The summed E-state index contributed by atoms with van der Waals surface area (Å²) in [4.78, 5) is 0. The topological polar surface area (TPSA) is 49.7 Å². The van der Waals surface area contributed by atoms with Crippen molar-refractivity contribution in [2.45, 2.75) is 6.42 Å². The number of allylic oxidation sites excluding steroid dienone is 1. The molecular formula is C22H18O3. The molecule has 3 aromatic rings. The van der Waals surface area contributed by atoms with Gasteiger partial charge in [-0.1, -0.05) is 42.5 Å². The Hall–Kier alpha value is -3.20. The lowest BCUT2D eigenvalue weighted by molar-refractivity contribution is 0.360. The predicted octanol–water partition coefficient (Wildman–Crippen LogP) is 4.64. The Morgan fingerprint density at radius 2 is 1.52 bits per heavy atom. The molecule has 0 amide bonds. The number of hydrogen-bond donors (Lipinski definition) is 2. The second-order valence-corrected chi connectivity index (χ2v) is 6.14. The number of phenols is 2. The molecule has 1 heterocycles. The van der Waals surface area contributed by atoms with Crippen LogP contribution in [0.5, 0.6) is 17.2 Å². The van der Waals surface area contributed by atoms with E-state index in [4.69, 9.17) is 4.74 Å². The van der Waals surface area contributed by atoms with Crippen LogP contribution in [0, 0.1) is 0 Å². The van der Waals surface area contributed by atoms with Gasteiger partial charge in [0.15, 0.2) is 0 Å². The lowest BCUT2D eigenvalue weighted by Crippen LogP contribution is -2.12. The van der Waals surface area contributed by atoms with Crippen molar-refractivity contribution in [3.05, 3.63) is 89.5 Å². The number of fused-ring (bicyclic) bond motifs is 1. The van der Waals surface area contributed by atoms with E-state index in [0.29, 0.717) is 12.4 Å². The molecule has 0 saturated carbocycles. The zero-order valence-electron chi connectivity index (χ0n) is 13.6. The van der Waals surface area contributed by atoms with Gasteiger partial charge in [0.2, 0.25) is 0 Å². The molecule has 0 fully saturated rings. The molecule has 0 radical (unpaired) electrons. The zero-order chi connectivity index (χ0) is 17.2. The van der Waals surface area contributed by atoms with Crippen molar-refractivity contribution in [1.82, 2.24) is 0 Å². The molecule has 0 atom stereocenters. The van der Waals surface area contributed by atoms with Gasteiger partial charge in [-0.15, -0.1) is 0 Å². The summed E-state index contributed by atoms with van der Waals surface area (Å²) in [6, 6.07) is 22.7. The van der Waals surface area contributed by atoms with Crippen molar-refractivity contribution in [3.8, 4) is 17.2 Å². The van der Waals surface area contributed by atoms with Crippen LogP contribution in [0.4, 0.5) is 0 Å². The van der Waals surface area contributed by atoms with Crippen molar-refractivity contribution < 1.29 is 14.9 Å². The fraction of sp³-hybridized carbons (Fsp3) is 0.0909. The average Bonchev–Trinajstić information content (AvgIpc) is 2.63. The summed E-state index contributed by atoms with van der Waals surface area (Å²) < 4.78 is 5.89. The van der Waals surface area contributed by atoms with E-state index in [1.165, 1.54) is 11.1 Å². The summed E-state index contributed by atoms with van der Waals surface area (Å²) in [5.41, 5.74) is 5.52. The monoisotopic (exact) mass is 330 g/mol. The van der Waals surface area contributed by atoms with Gasteiger partial charge in [-0.05, 0) is 47.4 Å². The van der Waals surface area contributed by atoms with Gasteiger partial charge in [-0.2, -0.15) is 0 Å². The van der Waals surface area contributed by atoms with Crippen molar-refractivity contribution in [3.63, 3.8) is 0 Å². The molecule has 0 aliphatic carbocycles. The van der Waals surface area contributed by atoms with E-state index in [1.807, 2.05) is 36.4 Å². The SMILES string of the molecule is Oc1ccc(C2=C(Cc3ccccc3)c3ccc(O)cc3OC2)cc1. The van der Waals surface area contributed by atoms with E-state index >= 15 is 0 Å². The highest BCUT2D eigenvalue weighted by Gasteiger charge is 2.22. The minimum atomic E-state index is 0.200. The molecule has 0 spiro atoms. The summed E-state index contributed by atoms with van der Waals surface area (Å²) in [7, 11) is 0. The smallest absolute Gasteiger partial charge is 0.131 e. The van der Waals surface area contributed by atoms with Crippen molar-refractivity contribution in [2.24, 2.45) is 0 Å². The van der Waals surface area contributed by atoms with E-state index in [1.54, 1.807) is 24.3 Å². The van der Waals surface area contributed by atoms with Gasteiger partial charge < -0.3 is 14.9 Å². The molecule has 1 aliphatic heterocycles. The Balaban J connectivity index is 1.86. The van der Waals surface area contributed by atoms with Crippen LogP contribution in [0.3, 0.4) is 0 Å². The van der Waals surface area contributed by atoms with Gasteiger partial charge in [0.05, 0.1) is 0 Å². The predicted molar refractivity (Wildman–Crippen MR) is 98.7 cm³/mol. The molecule has 3 nitrogen and oxygen atoms in total. The number of rotatable bonds is 3. The van der Waals surface area contributed by atoms with Crippen LogP contribution in [0.15, 0.2) is 72.8 Å². The maximum absolute atomic E-state index is 9.75. The van der Waals surface area contributed by atoms with E-state index in [9.17, 15) is 10.2 Å². The Labute approximate surface area is 146 Å². The Kier molecular flexibility index (Phi) is 3.90. The van der Waals surface area contributed by atoms with Gasteiger partial charge in [-0.3, -0.25) is 0 Å².